The van der Waals surface area contributed by atoms with Crippen LogP contribution < -0.4 is 0 Å². The fraction of sp³-hybridized carbons (Fsp3) is 0.412. The number of hydrogen-bond acceptors (Lipinski definition) is 2. The molecule has 3 heteroatoms. The lowest BCUT2D eigenvalue weighted by Gasteiger charge is -2.32. The predicted molar refractivity (Wildman–Crippen MR) is 79.9 cm³/mol. The molecular weight excluding hydrogens is 246 g/mol. The van der Waals surface area contributed by atoms with Crippen molar-refractivity contribution in [2.24, 2.45) is 11.3 Å². The van der Waals surface area contributed by atoms with Gasteiger partial charge in [-0.1, -0.05) is 39.0 Å². The number of benzene rings is 1. The van der Waals surface area contributed by atoms with E-state index in [0.29, 0.717) is 0 Å². The van der Waals surface area contributed by atoms with Gasteiger partial charge in [-0.05, 0) is 24.0 Å². The molecule has 1 heterocycles. The van der Waals surface area contributed by atoms with E-state index in [2.05, 4.69) is 44.0 Å². The highest BCUT2D eigenvalue weighted by molar-refractivity contribution is 5.85. The molecule has 1 aromatic carbocycles. The van der Waals surface area contributed by atoms with Crippen LogP contribution in [0, 0.1) is 40.9 Å². The van der Waals surface area contributed by atoms with Crippen molar-refractivity contribution in [3.8, 4) is 12.1 Å². The van der Waals surface area contributed by atoms with Crippen LogP contribution in [0.4, 0.5) is 0 Å². The molecule has 0 saturated carbocycles. The highest BCUT2D eigenvalue weighted by Gasteiger charge is 2.36. The molecule has 0 aliphatic carbocycles. The fourth-order valence-corrected chi connectivity index (χ4v) is 2.98. The van der Waals surface area contributed by atoms with Gasteiger partial charge in [0, 0.05) is 22.5 Å². The van der Waals surface area contributed by atoms with E-state index in [1.165, 1.54) is 0 Å². The maximum atomic E-state index is 9.34. The van der Waals surface area contributed by atoms with Gasteiger partial charge in [0.15, 0.2) is 0 Å². The summed E-state index contributed by atoms with van der Waals surface area (Å²) in [6.07, 6.45) is 0. The van der Waals surface area contributed by atoms with Crippen molar-refractivity contribution in [3.63, 3.8) is 0 Å². The maximum absolute atomic E-state index is 9.34. The number of fused-ring (bicyclic) bond motifs is 1. The SMILES string of the molecule is Cc1[nH]c2ccccc2c1[C@@H](C(C#N)C#N)C(C)(C)C. The predicted octanol–water partition coefficient (Wildman–Crippen LogP) is 4.27. The van der Waals surface area contributed by atoms with Crippen LogP contribution in [0.1, 0.15) is 37.9 Å². The molecule has 0 unspecified atom stereocenters. The lowest BCUT2D eigenvalue weighted by molar-refractivity contribution is 0.295. The number of aryl methyl sites for hydroxylation is 1. The summed E-state index contributed by atoms with van der Waals surface area (Å²) in [7, 11) is 0. The number of aromatic nitrogens is 1. The number of nitriles is 2. The summed E-state index contributed by atoms with van der Waals surface area (Å²) in [6.45, 7) is 8.27. The summed E-state index contributed by atoms with van der Waals surface area (Å²) in [6, 6.07) is 12.4. The summed E-state index contributed by atoms with van der Waals surface area (Å²) >= 11 is 0. The van der Waals surface area contributed by atoms with Gasteiger partial charge in [-0.3, -0.25) is 0 Å². The minimum absolute atomic E-state index is 0.117. The van der Waals surface area contributed by atoms with Gasteiger partial charge in [0.1, 0.15) is 5.92 Å². The number of hydrogen-bond donors (Lipinski definition) is 1. The number of nitrogens with zero attached hydrogens (tertiary/aromatic N) is 2. The van der Waals surface area contributed by atoms with Crippen molar-refractivity contribution in [2.45, 2.75) is 33.6 Å². The molecule has 1 atom stereocenters. The number of para-hydroxylation sites is 1. The molecule has 0 amide bonds. The highest BCUT2D eigenvalue weighted by Crippen LogP contribution is 2.44. The third-order valence-corrected chi connectivity index (χ3v) is 3.80. The summed E-state index contributed by atoms with van der Waals surface area (Å²) in [5.41, 5.74) is 3.04. The standard InChI is InChI=1S/C17H19N3/c1-11-15(13-7-5-6-8-14(13)20-11)16(17(2,3)4)12(9-18)10-19/h5-8,12,16,20H,1-4H3/t16-/m1/s1. The second kappa shape index (κ2) is 5.02. The Hall–Kier alpha value is -2.26. The number of nitrogens with one attached hydrogen (secondary N) is 1. The summed E-state index contributed by atoms with van der Waals surface area (Å²) in [5.74, 6) is -0.762. The van der Waals surface area contributed by atoms with Crippen molar-refractivity contribution >= 4 is 10.9 Å². The molecule has 0 fully saturated rings. The van der Waals surface area contributed by atoms with Gasteiger partial charge >= 0.3 is 0 Å². The normalized spacial score (nSPS) is 13.2. The third-order valence-electron chi connectivity index (χ3n) is 3.80. The Morgan fingerprint density at radius 3 is 2.25 bits per heavy atom. The van der Waals surface area contributed by atoms with Crippen LogP contribution in [0.5, 0.6) is 0 Å². The second-order valence-corrected chi connectivity index (χ2v) is 6.29. The zero-order valence-electron chi connectivity index (χ0n) is 12.4. The number of rotatable bonds is 2. The average Bonchev–Trinajstić information content (AvgIpc) is 2.70. The third kappa shape index (κ3) is 2.28. The molecule has 2 aromatic rings. The summed E-state index contributed by atoms with van der Waals surface area (Å²) in [5, 5.41) is 19.8. The van der Waals surface area contributed by atoms with E-state index in [-0.39, 0.29) is 11.3 Å². The van der Waals surface area contributed by atoms with Gasteiger partial charge in [0.2, 0.25) is 0 Å². The molecule has 0 saturated heterocycles. The van der Waals surface area contributed by atoms with Gasteiger partial charge in [-0.15, -0.1) is 0 Å². The van der Waals surface area contributed by atoms with Gasteiger partial charge < -0.3 is 4.98 Å². The molecule has 3 nitrogen and oxygen atoms in total. The minimum Gasteiger partial charge on any atom is -0.358 e. The molecule has 0 aliphatic heterocycles. The fourth-order valence-electron chi connectivity index (χ4n) is 2.98. The molecule has 0 bridgehead atoms. The van der Waals surface area contributed by atoms with E-state index in [4.69, 9.17) is 0 Å². The van der Waals surface area contributed by atoms with Crippen LogP contribution >= 0.6 is 0 Å². The van der Waals surface area contributed by atoms with Crippen LogP contribution in [0.25, 0.3) is 10.9 Å². The monoisotopic (exact) mass is 265 g/mol. The topological polar surface area (TPSA) is 63.4 Å². The van der Waals surface area contributed by atoms with Crippen LogP contribution in [0.3, 0.4) is 0 Å². The van der Waals surface area contributed by atoms with Crippen molar-refractivity contribution in [3.05, 3.63) is 35.5 Å². The summed E-state index contributed by atoms with van der Waals surface area (Å²) < 4.78 is 0. The molecule has 0 spiro atoms. The van der Waals surface area contributed by atoms with Crippen LogP contribution in [0.2, 0.25) is 0 Å². The van der Waals surface area contributed by atoms with E-state index in [1.54, 1.807) is 0 Å². The second-order valence-electron chi connectivity index (χ2n) is 6.29. The highest BCUT2D eigenvalue weighted by atomic mass is 14.7. The lowest BCUT2D eigenvalue weighted by Crippen LogP contribution is -2.25. The zero-order valence-corrected chi connectivity index (χ0v) is 12.4. The Balaban J connectivity index is 2.73. The average molecular weight is 265 g/mol. The molecule has 20 heavy (non-hydrogen) atoms. The number of aromatic amines is 1. The van der Waals surface area contributed by atoms with Gasteiger partial charge in [-0.2, -0.15) is 10.5 Å². The Kier molecular flexibility index (Phi) is 3.55. The lowest BCUT2D eigenvalue weighted by atomic mass is 9.69. The largest absolute Gasteiger partial charge is 0.358 e. The molecule has 0 aliphatic rings. The first-order valence-electron chi connectivity index (χ1n) is 6.76. The quantitative estimate of drug-likeness (QED) is 0.881. The van der Waals surface area contributed by atoms with E-state index in [9.17, 15) is 10.5 Å². The first-order valence-corrected chi connectivity index (χ1v) is 6.76. The molecule has 1 aromatic heterocycles. The molecule has 0 radical (unpaired) electrons. The maximum Gasteiger partial charge on any atom is 0.140 e. The Morgan fingerprint density at radius 1 is 1.10 bits per heavy atom. The Morgan fingerprint density at radius 2 is 1.70 bits per heavy atom. The van der Waals surface area contributed by atoms with E-state index in [1.807, 2.05) is 25.1 Å². The Bertz CT molecular complexity index is 690. The molecule has 102 valence electrons. The van der Waals surface area contributed by atoms with Crippen LogP contribution in [-0.2, 0) is 0 Å². The van der Waals surface area contributed by atoms with Crippen molar-refractivity contribution in [2.75, 3.05) is 0 Å². The van der Waals surface area contributed by atoms with Crippen molar-refractivity contribution < 1.29 is 0 Å². The smallest absolute Gasteiger partial charge is 0.140 e. The van der Waals surface area contributed by atoms with E-state index >= 15 is 0 Å². The first-order chi connectivity index (χ1) is 9.40. The van der Waals surface area contributed by atoms with E-state index < -0.39 is 5.92 Å². The van der Waals surface area contributed by atoms with Gasteiger partial charge in [0.05, 0.1) is 12.1 Å². The molecular formula is C17H19N3. The molecule has 2 rings (SSSR count). The van der Waals surface area contributed by atoms with E-state index in [0.717, 1.165) is 22.2 Å². The minimum atomic E-state index is -0.645. The van der Waals surface area contributed by atoms with Crippen molar-refractivity contribution in [1.82, 2.24) is 4.98 Å². The Labute approximate surface area is 119 Å². The first kappa shape index (κ1) is 14.2. The zero-order chi connectivity index (χ0) is 14.9. The van der Waals surface area contributed by atoms with Crippen molar-refractivity contribution in [1.29, 1.82) is 10.5 Å². The molecule has 1 N–H and O–H groups in total. The van der Waals surface area contributed by atoms with Gasteiger partial charge in [-0.25, -0.2) is 0 Å². The van der Waals surface area contributed by atoms with Crippen LogP contribution in [-0.4, -0.2) is 4.98 Å². The number of H-pyrrole nitrogens is 1. The van der Waals surface area contributed by atoms with Gasteiger partial charge in [0.25, 0.3) is 0 Å². The summed E-state index contributed by atoms with van der Waals surface area (Å²) in [4.78, 5) is 3.36. The van der Waals surface area contributed by atoms with Crippen LogP contribution in [0.15, 0.2) is 24.3 Å².